The van der Waals surface area contributed by atoms with E-state index in [0.29, 0.717) is 5.56 Å². The average Bonchev–Trinajstić information content (AvgIpc) is 2.35. The normalized spacial score (nSPS) is 12.3. The van der Waals surface area contributed by atoms with Crippen LogP contribution in [0.1, 0.15) is 29.7 Å². The van der Waals surface area contributed by atoms with E-state index in [1.54, 1.807) is 13.0 Å². The Labute approximate surface area is 120 Å². The molecule has 1 atom stereocenters. The van der Waals surface area contributed by atoms with E-state index in [4.69, 9.17) is 5.73 Å². The summed E-state index contributed by atoms with van der Waals surface area (Å²) in [6.45, 7) is 5.92. The molecule has 0 aliphatic heterocycles. The summed E-state index contributed by atoms with van der Waals surface area (Å²) in [6.07, 6.45) is 0. The van der Waals surface area contributed by atoms with Crippen molar-refractivity contribution in [3.05, 3.63) is 58.9 Å². The number of halogens is 1. The molecule has 0 bridgehead atoms. The molecule has 0 radical (unpaired) electrons. The smallest absolute Gasteiger partial charge is 0.130 e. The van der Waals surface area contributed by atoms with Gasteiger partial charge in [-0.05, 0) is 56.2 Å². The summed E-state index contributed by atoms with van der Waals surface area (Å²) in [4.78, 5) is 1.99. The quantitative estimate of drug-likeness (QED) is 0.906. The van der Waals surface area contributed by atoms with Crippen molar-refractivity contribution in [3.8, 4) is 0 Å². The van der Waals surface area contributed by atoms with Crippen molar-refractivity contribution in [2.45, 2.75) is 26.8 Å². The number of hydrogen-bond donors (Lipinski definition) is 1. The molecule has 0 spiro atoms. The van der Waals surface area contributed by atoms with Crippen LogP contribution in [0.5, 0.6) is 0 Å². The Hall–Kier alpha value is -1.87. The van der Waals surface area contributed by atoms with Crippen molar-refractivity contribution in [2.75, 3.05) is 11.9 Å². The molecule has 106 valence electrons. The second kappa shape index (κ2) is 5.63. The first-order valence-corrected chi connectivity index (χ1v) is 6.76. The zero-order chi connectivity index (χ0) is 14.9. The first-order valence-electron chi connectivity index (χ1n) is 6.76. The summed E-state index contributed by atoms with van der Waals surface area (Å²) in [5, 5.41) is 0. The van der Waals surface area contributed by atoms with E-state index in [0.717, 1.165) is 11.4 Å². The van der Waals surface area contributed by atoms with Gasteiger partial charge in [0.1, 0.15) is 5.82 Å². The lowest BCUT2D eigenvalue weighted by atomic mass is 10.0. The molecule has 0 saturated heterocycles. The molecule has 2 aromatic carbocycles. The van der Waals surface area contributed by atoms with E-state index in [1.807, 2.05) is 18.0 Å². The van der Waals surface area contributed by atoms with Crippen LogP contribution in [0.2, 0.25) is 0 Å². The van der Waals surface area contributed by atoms with Crippen molar-refractivity contribution in [1.29, 1.82) is 0 Å². The zero-order valence-electron chi connectivity index (χ0n) is 12.4. The maximum absolute atomic E-state index is 14.0. The highest BCUT2D eigenvalue weighted by atomic mass is 19.1. The molecule has 0 fully saturated rings. The Bertz CT molecular complexity index is 600. The molecule has 0 heterocycles. The predicted octanol–water partition coefficient (Wildman–Crippen LogP) is 4.23. The molecule has 2 aromatic rings. The molecular formula is C17H21FN2. The van der Waals surface area contributed by atoms with Crippen LogP contribution in [0, 0.1) is 19.7 Å². The van der Waals surface area contributed by atoms with Gasteiger partial charge in [0.15, 0.2) is 0 Å². The standard InChI is InChI=1S/C17H21FN2/c1-11-8-12(2)10-14(9-11)20(4)16-7-5-6-15(18)17(16)13(3)19/h5-10,13H,19H2,1-4H3. The lowest BCUT2D eigenvalue weighted by molar-refractivity contribution is 0.594. The van der Waals surface area contributed by atoms with Crippen molar-refractivity contribution in [2.24, 2.45) is 5.73 Å². The summed E-state index contributed by atoms with van der Waals surface area (Å²) in [5.74, 6) is -0.256. The third-order valence-corrected chi connectivity index (χ3v) is 3.44. The number of aryl methyl sites for hydroxylation is 2. The van der Waals surface area contributed by atoms with E-state index >= 15 is 0 Å². The highest BCUT2D eigenvalue weighted by Crippen LogP contribution is 2.32. The maximum atomic E-state index is 14.0. The van der Waals surface area contributed by atoms with Crippen molar-refractivity contribution in [1.82, 2.24) is 0 Å². The molecule has 0 amide bonds. The number of nitrogens with zero attached hydrogens (tertiary/aromatic N) is 1. The van der Waals surface area contributed by atoms with Gasteiger partial charge in [0.2, 0.25) is 0 Å². The Morgan fingerprint density at radius 1 is 1.10 bits per heavy atom. The maximum Gasteiger partial charge on any atom is 0.130 e. The molecule has 2 nitrogen and oxygen atoms in total. The monoisotopic (exact) mass is 272 g/mol. The van der Waals surface area contributed by atoms with Crippen LogP contribution in [-0.2, 0) is 0 Å². The minimum atomic E-state index is -0.348. The van der Waals surface area contributed by atoms with Gasteiger partial charge in [0, 0.05) is 30.0 Å². The Balaban J connectivity index is 2.53. The van der Waals surface area contributed by atoms with Crippen LogP contribution >= 0.6 is 0 Å². The number of nitrogens with two attached hydrogens (primary N) is 1. The van der Waals surface area contributed by atoms with Crippen LogP contribution in [0.3, 0.4) is 0 Å². The van der Waals surface area contributed by atoms with Gasteiger partial charge in [0.05, 0.1) is 0 Å². The molecule has 2 rings (SSSR count). The van der Waals surface area contributed by atoms with Crippen LogP contribution in [0.25, 0.3) is 0 Å². The van der Waals surface area contributed by atoms with Gasteiger partial charge >= 0.3 is 0 Å². The molecule has 0 aliphatic rings. The molecular weight excluding hydrogens is 251 g/mol. The lowest BCUT2D eigenvalue weighted by Crippen LogP contribution is -2.17. The van der Waals surface area contributed by atoms with Gasteiger partial charge in [0.25, 0.3) is 0 Å². The molecule has 20 heavy (non-hydrogen) atoms. The number of anilines is 2. The summed E-state index contributed by atoms with van der Waals surface area (Å²) in [5.41, 5.74) is 10.7. The topological polar surface area (TPSA) is 29.3 Å². The molecule has 0 aromatic heterocycles. The van der Waals surface area contributed by atoms with Crippen LogP contribution in [0.15, 0.2) is 36.4 Å². The fraction of sp³-hybridized carbons (Fsp3) is 0.294. The number of hydrogen-bond acceptors (Lipinski definition) is 2. The Kier molecular flexibility index (Phi) is 4.09. The van der Waals surface area contributed by atoms with Crippen molar-refractivity contribution >= 4 is 11.4 Å². The highest BCUT2D eigenvalue weighted by Gasteiger charge is 2.16. The SMILES string of the molecule is Cc1cc(C)cc(N(C)c2cccc(F)c2C(C)N)c1. The van der Waals surface area contributed by atoms with E-state index in [9.17, 15) is 4.39 Å². The van der Waals surface area contributed by atoms with Crippen LogP contribution in [-0.4, -0.2) is 7.05 Å². The number of benzene rings is 2. The van der Waals surface area contributed by atoms with Crippen molar-refractivity contribution in [3.63, 3.8) is 0 Å². The van der Waals surface area contributed by atoms with Gasteiger partial charge in [-0.15, -0.1) is 0 Å². The number of rotatable bonds is 3. The first kappa shape index (κ1) is 14.5. The third kappa shape index (κ3) is 2.83. The first-order chi connectivity index (χ1) is 9.40. The summed E-state index contributed by atoms with van der Waals surface area (Å²) in [6, 6.07) is 11.0. The summed E-state index contributed by atoms with van der Waals surface area (Å²) >= 11 is 0. The van der Waals surface area contributed by atoms with Gasteiger partial charge in [-0.25, -0.2) is 4.39 Å². The minimum absolute atomic E-state index is 0.256. The largest absolute Gasteiger partial charge is 0.344 e. The fourth-order valence-electron chi connectivity index (χ4n) is 2.55. The zero-order valence-corrected chi connectivity index (χ0v) is 12.4. The molecule has 1 unspecified atom stereocenters. The molecule has 0 aliphatic carbocycles. The van der Waals surface area contributed by atoms with E-state index in [2.05, 4.69) is 32.0 Å². The average molecular weight is 272 g/mol. The second-order valence-corrected chi connectivity index (χ2v) is 5.37. The van der Waals surface area contributed by atoms with Crippen LogP contribution < -0.4 is 10.6 Å². The third-order valence-electron chi connectivity index (χ3n) is 3.44. The Morgan fingerprint density at radius 2 is 1.70 bits per heavy atom. The minimum Gasteiger partial charge on any atom is -0.344 e. The summed E-state index contributed by atoms with van der Waals surface area (Å²) < 4.78 is 14.0. The second-order valence-electron chi connectivity index (χ2n) is 5.37. The van der Waals surface area contributed by atoms with E-state index in [1.165, 1.54) is 17.2 Å². The van der Waals surface area contributed by atoms with Gasteiger partial charge in [-0.3, -0.25) is 0 Å². The van der Waals surface area contributed by atoms with Gasteiger partial charge in [-0.2, -0.15) is 0 Å². The van der Waals surface area contributed by atoms with Crippen LogP contribution in [0.4, 0.5) is 15.8 Å². The summed E-state index contributed by atoms with van der Waals surface area (Å²) in [7, 11) is 1.94. The van der Waals surface area contributed by atoms with E-state index < -0.39 is 0 Å². The molecule has 2 N–H and O–H groups in total. The van der Waals surface area contributed by atoms with E-state index in [-0.39, 0.29) is 11.9 Å². The van der Waals surface area contributed by atoms with Crippen molar-refractivity contribution < 1.29 is 4.39 Å². The van der Waals surface area contributed by atoms with Gasteiger partial charge in [-0.1, -0.05) is 12.1 Å². The van der Waals surface area contributed by atoms with Gasteiger partial charge < -0.3 is 10.6 Å². The lowest BCUT2D eigenvalue weighted by Gasteiger charge is -2.25. The highest BCUT2D eigenvalue weighted by molar-refractivity contribution is 5.67. The fourth-order valence-corrected chi connectivity index (χ4v) is 2.55. The predicted molar refractivity (Wildman–Crippen MR) is 83.0 cm³/mol. The Morgan fingerprint density at radius 3 is 2.25 bits per heavy atom. The molecule has 3 heteroatoms. The molecule has 0 saturated carbocycles.